The molecule has 2 N–H and O–H groups in total. The SMILES string of the molecule is COCCCNc1nc(C)cc(C(=O)NCc2cccc(C)c2)n1. The number of aryl methyl sites for hydroxylation is 2. The molecule has 6 heteroatoms. The van der Waals surface area contributed by atoms with E-state index < -0.39 is 0 Å². The lowest BCUT2D eigenvalue weighted by Gasteiger charge is -2.09. The first kappa shape index (κ1) is 17.9. The number of anilines is 1. The number of hydrogen-bond donors (Lipinski definition) is 2. The van der Waals surface area contributed by atoms with Crippen molar-refractivity contribution >= 4 is 11.9 Å². The fraction of sp³-hybridized carbons (Fsp3) is 0.389. The van der Waals surface area contributed by atoms with E-state index in [1.54, 1.807) is 13.2 Å². The van der Waals surface area contributed by atoms with Crippen LogP contribution in [-0.4, -0.2) is 36.1 Å². The highest BCUT2D eigenvalue weighted by Gasteiger charge is 2.10. The molecule has 0 atom stereocenters. The number of carbonyl (C=O) groups is 1. The van der Waals surface area contributed by atoms with Gasteiger partial charge in [-0.15, -0.1) is 0 Å². The second kappa shape index (κ2) is 8.98. The van der Waals surface area contributed by atoms with Gasteiger partial charge in [0.25, 0.3) is 5.91 Å². The fourth-order valence-corrected chi connectivity index (χ4v) is 2.28. The monoisotopic (exact) mass is 328 g/mol. The molecule has 1 aromatic carbocycles. The Morgan fingerprint density at radius 3 is 2.79 bits per heavy atom. The molecular formula is C18H24N4O2. The van der Waals surface area contributed by atoms with Gasteiger partial charge in [-0.05, 0) is 31.9 Å². The molecule has 0 aliphatic rings. The van der Waals surface area contributed by atoms with Crippen molar-refractivity contribution in [3.05, 3.63) is 52.8 Å². The van der Waals surface area contributed by atoms with E-state index >= 15 is 0 Å². The molecule has 2 aromatic rings. The molecule has 24 heavy (non-hydrogen) atoms. The van der Waals surface area contributed by atoms with Crippen molar-refractivity contribution in [1.29, 1.82) is 0 Å². The molecule has 1 aromatic heterocycles. The van der Waals surface area contributed by atoms with Crippen LogP contribution < -0.4 is 10.6 Å². The number of aromatic nitrogens is 2. The summed E-state index contributed by atoms with van der Waals surface area (Å²) >= 11 is 0. The molecule has 0 saturated carbocycles. The van der Waals surface area contributed by atoms with Crippen molar-refractivity contribution in [1.82, 2.24) is 15.3 Å². The summed E-state index contributed by atoms with van der Waals surface area (Å²) in [7, 11) is 1.67. The number of ether oxygens (including phenoxy) is 1. The van der Waals surface area contributed by atoms with E-state index in [4.69, 9.17) is 4.74 Å². The number of methoxy groups -OCH3 is 1. The van der Waals surface area contributed by atoms with Gasteiger partial charge in [-0.25, -0.2) is 9.97 Å². The normalized spacial score (nSPS) is 10.5. The van der Waals surface area contributed by atoms with Gasteiger partial charge in [0.15, 0.2) is 0 Å². The molecule has 6 nitrogen and oxygen atoms in total. The second-order valence-electron chi connectivity index (χ2n) is 5.66. The molecular weight excluding hydrogens is 304 g/mol. The van der Waals surface area contributed by atoms with Gasteiger partial charge in [0.1, 0.15) is 5.69 Å². The lowest BCUT2D eigenvalue weighted by molar-refractivity contribution is 0.0945. The second-order valence-corrected chi connectivity index (χ2v) is 5.66. The molecule has 0 unspecified atom stereocenters. The summed E-state index contributed by atoms with van der Waals surface area (Å²) in [4.78, 5) is 20.9. The zero-order chi connectivity index (χ0) is 17.4. The van der Waals surface area contributed by atoms with Crippen LogP contribution in [0.25, 0.3) is 0 Å². The molecule has 0 aliphatic carbocycles. The van der Waals surface area contributed by atoms with Gasteiger partial charge in [0.05, 0.1) is 0 Å². The van der Waals surface area contributed by atoms with Gasteiger partial charge in [-0.3, -0.25) is 4.79 Å². The van der Waals surface area contributed by atoms with Crippen LogP contribution in [0.2, 0.25) is 0 Å². The van der Waals surface area contributed by atoms with Crippen molar-refractivity contribution in [3.63, 3.8) is 0 Å². The highest BCUT2D eigenvalue weighted by Crippen LogP contribution is 2.07. The molecule has 2 rings (SSSR count). The van der Waals surface area contributed by atoms with Gasteiger partial charge in [-0.2, -0.15) is 0 Å². The maximum absolute atomic E-state index is 12.3. The summed E-state index contributed by atoms with van der Waals surface area (Å²) in [6.45, 7) is 5.71. The minimum absolute atomic E-state index is 0.207. The Morgan fingerprint density at radius 1 is 1.21 bits per heavy atom. The molecule has 128 valence electrons. The molecule has 0 saturated heterocycles. The number of hydrogen-bond acceptors (Lipinski definition) is 5. The largest absolute Gasteiger partial charge is 0.385 e. The lowest BCUT2D eigenvalue weighted by Crippen LogP contribution is -2.24. The fourth-order valence-electron chi connectivity index (χ4n) is 2.28. The maximum Gasteiger partial charge on any atom is 0.270 e. The zero-order valence-corrected chi connectivity index (χ0v) is 14.4. The zero-order valence-electron chi connectivity index (χ0n) is 14.4. The van der Waals surface area contributed by atoms with E-state index in [1.165, 1.54) is 5.56 Å². The van der Waals surface area contributed by atoms with E-state index in [9.17, 15) is 4.79 Å². The van der Waals surface area contributed by atoms with Crippen molar-refractivity contribution in [2.45, 2.75) is 26.8 Å². The Balaban J connectivity index is 1.96. The molecule has 0 radical (unpaired) electrons. The molecule has 0 bridgehead atoms. The highest BCUT2D eigenvalue weighted by molar-refractivity contribution is 5.92. The summed E-state index contributed by atoms with van der Waals surface area (Å²) in [6.07, 6.45) is 0.850. The third kappa shape index (κ3) is 5.62. The van der Waals surface area contributed by atoms with Crippen LogP contribution in [0.15, 0.2) is 30.3 Å². The minimum atomic E-state index is -0.207. The van der Waals surface area contributed by atoms with Crippen molar-refractivity contribution in [2.75, 3.05) is 25.6 Å². The van der Waals surface area contributed by atoms with Crippen LogP contribution in [0.1, 0.15) is 33.7 Å². The number of nitrogens with one attached hydrogen (secondary N) is 2. The average Bonchev–Trinajstić information content (AvgIpc) is 2.56. The summed E-state index contributed by atoms with van der Waals surface area (Å²) in [5.74, 6) is 0.258. The van der Waals surface area contributed by atoms with Gasteiger partial charge >= 0.3 is 0 Å². The van der Waals surface area contributed by atoms with Gasteiger partial charge < -0.3 is 15.4 Å². The predicted octanol–water partition coefficient (Wildman–Crippen LogP) is 2.47. The first-order chi connectivity index (χ1) is 11.6. The average molecular weight is 328 g/mol. The molecule has 0 fully saturated rings. The van der Waals surface area contributed by atoms with Gasteiger partial charge in [-0.1, -0.05) is 29.8 Å². The van der Waals surface area contributed by atoms with E-state index in [0.29, 0.717) is 31.3 Å². The van der Waals surface area contributed by atoms with Crippen molar-refractivity contribution in [2.24, 2.45) is 0 Å². The van der Waals surface area contributed by atoms with Crippen LogP contribution in [0.5, 0.6) is 0 Å². The summed E-state index contributed by atoms with van der Waals surface area (Å²) in [5, 5.41) is 6.01. The Kier molecular flexibility index (Phi) is 6.69. The molecule has 0 aliphatic heterocycles. The van der Waals surface area contributed by atoms with E-state index in [-0.39, 0.29) is 5.91 Å². The van der Waals surface area contributed by atoms with E-state index in [1.807, 2.05) is 38.1 Å². The third-order valence-electron chi connectivity index (χ3n) is 3.43. The highest BCUT2D eigenvalue weighted by atomic mass is 16.5. The van der Waals surface area contributed by atoms with E-state index in [0.717, 1.165) is 17.7 Å². The lowest BCUT2D eigenvalue weighted by atomic mass is 10.1. The van der Waals surface area contributed by atoms with Gasteiger partial charge in [0, 0.05) is 32.5 Å². The molecule has 1 amide bonds. The first-order valence-corrected chi connectivity index (χ1v) is 8.00. The maximum atomic E-state index is 12.3. The molecule has 0 spiro atoms. The summed E-state index contributed by atoms with van der Waals surface area (Å²) in [5.41, 5.74) is 3.35. The number of rotatable bonds is 8. The first-order valence-electron chi connectivity index (χ1n) is 8.00. The summed E-state index contributed by atoms with van der Waals surface area (Å²) in [6, 6.07) is 9.73. The smallest absolute Gasteiger partial charge is 0.270 e. The van der Waals surface area contributed by atoms with E-state index in [2.05, 4.69) is 20.6 Å². The van der Waals surface area contributed by atoms with Gasteiger partial charge in [0.2, 0.25) is 5.95 Å². The van der Waals surface area contributed by atoms with Crippen LogP contribution in [0.4, 0.5) is 5.95 Å². The number of benzene rings is 1. The standard InChI is InChI=1S/C18H24N4O2/c1-13-6-4-7-15(10-13)12-20-17(23)16-11-14(2)21-18(22-16)19-8-5-9-24-3/h4,6-7,10-11H,5,8-9,12H2,1-3H3,(H,20,23)(H,19,21,22). The number of nitrogens with zero attached hydrogens (tertiary/aromatic N) is 2. The van der Waals surface area contributed by atoms with Crippen molar-refractivity contribution in [3.8, 4) is 0 Å². The number of carbonyl (C=O) groups excluding carboxylic acids is 1. The Morgan fingerprint density at radius 2 is 2.04 bits per heavy atom. The Hall–Kier alpha value is -2.47. The topological polar surface area (TPSA) is 76.1 Å². The number of amides is 1. The van der Waals surface area contributed by atoms with Crippen LogP contribution in [-0.2, 0) is 11.3 Å². The van der Waals surface area contributed by atoms with Crippen molar-refractivity contribution < 1.29 is 9.53 Å². The molecule has 1 heterocycles. The van der Waals surface area contributed by atoms with Crippen LogP contribution in [0.3, 0.4) is 0 Å². The Labute approximate surface area is 142 Å². The predicted molar refractivity (Wildman–Crippen MR) is 94.1 cm³/mol. The summed E-state index contributed by atoms with van der Waals surface area (Å²) < 4.78 is 5.00. The third-order valence-corrected chi connectivity index (χ3v) is 3.43. The van der Waals surface area contributed by atoms with Crippen LogP contribution in [0, 0.1) is 13.8 Å². The quantitative estimate of drug-likeness (QED) is 0.728. The van der Waals surface area contributed by atoms with Crippen LogP contribution >= 0.6 is 0 Å². The minimum Gasteiger partial charge on any atom is -0.385 e. The Bertz CT molecular complexity index is 688.